The lowest BCUT2D eigenvalue weighted by molar-refractivity contribution is -0.858. The van der Waals surface area contributed by atoms with Gasteiger partial charge in [-0.15, -0.1) is 0 Å². The SMILES string of the molecule is CCOc1cc2c(cc1CNC(=S)NCCC[NH+](C)C)O[C@@H](C)C2. The second-order valence-corrected chi connectivity index (χ2v) is 6.96. The van der Waals surface area contributed by atoms with Crippen LogP contribution in [-0.4, -0.2) is 45.0 Å². The average molecular weight is 353 g/mol. The van der Waals surface area contributed by atoms with E-state index in [-0.39, 0.29) is 6.10 Å². The Hall–Kier alpha value is -1.53. The van der Waals surface area contributed by atoms with Crippen LogP contribution in [0, 0.1) is 0 Å². The largest absolute Gasteiger partial charge is 0.494 e. The Bertz CT molecular complexity index is 563. The molecule has 0 aromatic heterocycles. The van der Waals surface area contributed by atoms with E-state index in [1.165, 1.54) is 10.5 Å². The van der Waals surface area contributed by atoms with E-state index in [1.807, 2.05) is 6.92 Å². The van der Waals surface area contributed by atoms with Crippen molar-refractivity contribution >= 4 is 17.3 Å². The standard InChI is InChI=1S/C18H29N3O2S/c1-5-22-16-10-14-9-13(2)23-17(14)11-15(16)12-20-18(24)19-7-6-8-21(3)4/h10-11,13H,5-9,12H2,1-4H3,(H2,19,20,24)/p+1/t13-/m0/s1. The average Bonchev–Trinajstić information content (AvgIpc) is 2.88. The molecule has 0 unspecified atom stereocenters. The Morgan fingerprint density at radius 1 is 1.38 bits per heavy atom. The van der Waals surface area contributed by atoms with E-state index >= 15 is 0 Å². The molecule has 134 valence electrons. The molecule has 0 radical (unpaired) electrons. The highest BCUT2D eigenvalue weighted by molar-refractivity contribution is 7.80. The number of quaternary nitrogens is 1. The summed E-state index contributed by atoms with van der Waals surface area (Å²) < 4.78 is 11.6. The number of nitrogens with one attached hydrogen (secondary N) is 3. The lowest BCUT2D eigenvalue weighted by atomic mass is 10.1. The number of ether oxygens (including phenoxy) is 2. The number of benzene rings is 1. The first-order valence-corrected chi connectivity index (χ1v) is 9.16. The zero-order chi connectivity index (χ0) is 17.5. The van der Waals surface area contributed by atoms with Gasteiger partial charge >= 0.3 is 0 Å². The Morgan fingerprint density at radius 2 is 2.17 bits per heavy atom. The molecule has 0 bridgehead atoms. The van der Waals surface area contributed by atoms with Gasteiger partial charge in [-0.3, -0.25) is 0 Å². The summed E-state index contributed by atoms with van der Waals surface area (Å²) in [5.74, 6) is 1.89. The van der Waals surface area contributed by atoms with E-state index in [2.05, 4.69) is 43.8 Å². The number of rotatable bonds is 8. The van der Waals surface area contributed by atoms with Gasteiger partial charge in [-0.2, -0.15) is 0 Å². The molecule has 1 aliphatic rings. The molecule has 5 nitrogen and oxygen atoms in total. The highest BCUT2D eigenvalue weighted by atomic mass is 32.1. The van der Waals surface area contributed by atoms with Gasteiger partial charge in [-0.05, 0) is 38.2 Å². The molecule has 0 aliphatic carbocycles. The number of thiocarbonyl (C=S) groups is 1. The number of hydrogen-bond donors (Lipinski definition) is 3. The zero-order valence-corrected chi connectivity index (χ0v) is 16.0. The van der Waals surface area contributed by atoms with Crippen LogP contribution in [0.4, 0.5) is 0 Å². The monoisotopic (exact) mass is 352 g/mol. The predicted octanol–water partition coefficient (Wildman–Crippen LogP) is 0.907. The van der Waals surface area contributed by atoms with Gasteiger partial charge in [-0.1, -0.05) is 0 Å². The van der Waals surface area contributed by atoms with Crippen LogP contribution in [0.15, 0.2) is 12.1 Å². The maximum absolute atomic E-state index is 5.86. The molecule has 6 heteroatoms. The van der Waals surface area contributed by atoms with Gasteiger partial charge in [-0.25, -0.2) is 0 Å². The lowest BCUT2D eigenvalue weighted by Gasteiger charge is -2.15. The van der Waals surface area contributed by atoms with Gasteiger partial charge in [0.1, 0.15) is 17.6 Å². The van der Waals surface area contributed by atoms with Crippen molar-refractivity contribution in [2.24, 2.45) is 0 Å². The Balaban J connectivity index is 1.89. The van der Waals surface area contributed by atoms with E-state index in [9.17, 15) is 0 Å². The molecule has 24 heavy (non-hydrogen) atoms. The highest BCUT2D eigenvalue weighted by Gasteiger charge is 2.21. The second kappa shape index (κ2) is 9.08. The quantitative estimate of drug-likeness (QED) is 0.480. The summed E-state index contributed by atoms with van der Waals surface area (Å²) in [4.78, 5) is 1.45. The van der Waals surface area contributed by atoms with Crippen LogP contribution < -0.4 is 25.0 Å². The molecule has 1 heterocycles. The summed E-state index contributed by atoms with van der Waals surface area (Å²) >= 11 is 5.36. The lowest BCUT2D eigenvalue weighted by Crippen LogP contribution is -3.05. The molecule has 1 aromatic rings. The third-order valence-corrected chi connectivity index (χ3v) is 4.25. The van der Waals surface area contributed by atoms with E-state index in [1.54, 1.807) is 0 Å². The fraction of sp³-hybridized carbons (Fsp3) is 0.611. The van der Waals surface area contributed by atoms with Crippen LogP contribution >= 0.6 is 12.2 Å². The minimum Gasteiger partial charge on any atom is -0.494 e. The summed E-state index contributed by atoms with van der Waals surface area (Å²) in [6.07, 6.45) is 2.27. The highest BCUT2D eigenvalue weighted by Crippen LogP contribution is 2.35. The first kappa shape index (κ1) is 18.8. The third kappa shape index (κ3) is 5.53. The summed E-state index contributed by atoms with van der Waals surface area (Å²) in [5, 5.41) is 7.20. The molecule has 0 fully saturated rings. The van der Waals surface area contributed by atoms with Crippen molar-refractivity contribution < 1.29 is 14.4 Å². The van der Waals surface area contributed by atoms with Crippen molar-refractivity contribution in [3.8, 4) is 11.5 Å². The molecule has 1 aromatic carbocycles. The molecule has 3 N–H and O–H groups in total. The minimum absolute atomic E-state index is 0.235. The molecule has 0 amide bonds. The van der Waals surface area contributed by atoms with Crippen molar-refractivity contribution in [3.05, 3.63) is 23.3 Å². The molecule has 0 saturated carbocycles. The maximum atomic E-state index is 5.86. The molecular weight excluding hydrogens is 322 g/mol. The first-order chi connectivity index (χ1) is 11.5. The normalized spacial score (nSPS) is 15.8. The zero-order valence-electron chi connectivity index (χ0n) is 15.2. The van der Waals surface area contributed by atoms with E-state index < -0.39 is 0 Å². The Kier molecular flexibility index (Phi) is 7.12. The fourth-order valence-electron chi connectivity index (χ4n) is 2.79. The van der Waals surface area contributed by atoms with Crippen molar-refractivity contribution in [1.29, 1.82) is 0 Å². The van der Waals surface area contributed by atoms with Crippen molar-refractivity contribution in [3.63, 3.8) is 0 Å². The summed E-state index contributed by atoms with van der Waals surface area (Å²) in [6, 6.07) is 4.19. The van der Waals surface area contributed by atoms with Crippen LogP contribution in [0.1, 0.15) is 31.4 Å². The predicted molar refractivity (Wildman–Crippen MR) is 101 cm³/mol. The van der Waals surface area contributed by atoms with Crippen LogP contribution in [0.5, 0.6) is 11.5 Å². The molecule has 1 atom stereocenters. The molecule has 2 rings (SSSR count). The number of fused-ring (bicyclic) bond motifs is 1. The van der Waals surface area contributed by atoms with E-state index in [0.29, 0.717) is 18.3 Å². The molecular formula is C18H30N3O2S+. The van der Waals surface area contributed by atoms with Gasteiger partial charge in [0.25, 0.3) is 0 Å². The smallest absolute Gasteiger partial charge is 0.166 e. The third-order valence-electron chi connectivity index (χ3n) is 3.96. The van der Waals surface area contributed by atoms with E-state index in [4.69, 9.17) is 21.7 Å². The van der Waals surface area contributed by atoms with Crippen molar-refractivity contribution in [1.82, 2.24) is 10.6 Å². The number of hydrogen-bond acceptors (Lipinski definition) is 3. The second-order valence-electron chi connectivity index (χ2n) is 6.55. The van der Waals surface area contributed by atoms with Crippen LogP contribution in [0.3, 0.4) is 0 Å². The van der Waals surface area contributed by atoms with Crippen LogP contribution in [0.2, 0.25) is 0 Å². The maximum Gasteiger partial charge on any atom is 0.166 e. The first-order valence-electron chi connectivity index (χ1n) is 8.75. The summed E-state index contributed by atoms with van der Waals surface area (Å²) in [6.45, 7) is 7.39. The van der Waals surface area contributed by atoms with Crippen LogP contribution in [0.25, 0.3) is 0 Å². The molecule has 1 aliphatic heterocycles. The van der Waals surface area contributed by atoms with Crippen molar-refractivity contribution in [2.75, 3.05) is 33.8 Å². The topological polar surface area (TPSA) is 47.0 Å². The molecule has 0 spiro atoms. The Morgan fingerprint density at radius 3 is 2.88 bits per heavy atom. The van der Waals surface area contributed by atoms with Crippen molar-refractivity contribution in [2.45, 2.75) is 39.3 Å². The summed E-state index contributed by atoms with van der Waals surface area (Å²) in [7, 11) is 4.31. The van der Waals surface area contributed by atoms with Gasteiger partial charge < -0.3 is 25.0 Å². The van der Waals surface area contributed by atoms with Gasteiger partial charge in [0.05, 0.1) is 27.2 Å². The van der Waals surface area contributed by atoms with Gasteiger partial charge in [0.15, 0.2) is 5.11 Å². The Labute approximate surface area is 150 Å². The van der Waals surface area contributed by atoms with Gasteiger partial charge in [0.2, 0.25) is 0 Å². The van der Waals surface area contributed by atoms with Crippen LogP contribution in [-0.2, 0) is 13.0 Å². The summed E-state index contributed by atoms with van der Waals surface area (Å²) in [5.41, 5.74) is 2.30. The van der Waals surface area contributed by atoms with E-state index in [0.717, 1.165) is 43.0 Å². The minimum atomic E-state index is 0.235. The van der Waals surface area contributed by atoms with Gasteiger partial charge in [0, 0.05) is 37.1 Å². The molecule has 0 saturated heterocycles. The fourth-order valence-corrected chi connectivity index (χ4v) is 2.97.